The van der Waals surface area contributed by atoms with E-state index in [9.17, 15) is 8.42 Å². The second-order valence-corrected chi connectivity index (χ2v) is 6.48. The molecular formula is C12H17N3O2S. The van der Waals surface area contributed by atoms with Gasteiger partial charge in [-0.25, -0.2) is 13.1 Å². The highest BCUT2D eigenvalue weighted by Gasteiger charge is 2.23. The van der Waals surface area contributed by atoms with Gasteiger partial charge in [0, 0.05) is 12.1 Å². The van der Waals surface area contributed by atoms with Crippen LogP contribution in [0.25, 0.3) is 0 Å². The predicted octanol–water partition coefficient (Wildman–Crippen LogP) is 0.715. The molecule has 98 valence electrons. The molecule has 0 aromatic heterocycles. The molecule has 0 saturated carbocycles. The molecule has 1 aromatic rings. The van der Waals surface area contributed by atoms with Gasteiger partial charge >= 0.3 is 0 Å². The Labute approximate surface area is 108 Å². The average Bonchev–Trinajstić information content (AvgIpc) is 2.28. The quantitative estimate of drug-likeness (QED) is 0.821. The Hall–Kier alpha value is -1.42. The molecule has 0 amide bonds. The largest absolute Gasteiger partial charge is 0.329 e. The molecule has 0 atom stereocenters. The second kappa shape index (κ2) is 5.48. The molecule has 0 saturated heterocycles. The molecule has 0 spiro atoms. The molecule has 1 rings (SSSR count). The van der Waals surface area contributed by atoms with Crippen molar-refractivity contribution in [2.24, 2.45) is 5.73 Å². The predicted molar refractivity (Wildman–Crippen MR) is 70.0 cm³/mol. The average molecular weight is 267 g/mol. The molecule has 0 bridgehead atoms. The van der Waals surface area contributed by atoms with Crippen LogP contribution in [0.15, 0.2) is 24.3 Å². The number of benzene rings is 1. The van der Waals surface area contributed by atoms with E-state index >= 15 is 0 Å². The third-order valence-corrected chi connectivity index (χ3v) is 3.96. The van der Waals surface area contributed by atoms with E-state index in [1.165, 1.54) is 0 Å². The van der Waals surface area contributed by atoms with Gasteiger partial charge in [-0.05, 0) is 31.5 Å². The van der Waals surface area contributed by atoms with Gasteiger partial charge in [-0.15, -0.1) is 0 Å². The number of nitrogens with zero attached hydrogens (tertiary/aromatic N) is 1. The Morgan fingerprint density at radius 2 is 1.89 bits per heavy atom. The van der Waals surface area contributed by atoms with Crippen LogP contribution in [0.4, 0.5) is 0 Å². The first kappa shape index (κ1) is 14.6. The van der Waals surface area contributed by atoms with Crippen LogP contribution in [0.2, 0.25) is 0 Å². The number of rotatable bonds is 5. The van der Waals surface area contributed by atoms with E-state index in [4.69, 9.17) is 11.0 Å². The Balaban J connectivity index is 2.80. The lowest BCUT2D eigenvalue weighted by Gasteiger charge is -2.23. The van der Waals surface area contributed by atoms with Crippen LogP contribution < -0.4 is 10.5 Å². The lowest BCUT2D eigenvalue weighted by molar-refractivity contribution is 0.462. The minimum Gasteiger partial charge on any atom is -0.329 e. The fourth-order valence-electron chi connectivity index (χ4n) is 1.39. The lowest BCUT2D eigenvalue weighted by atomic mass is 10.1. The Morgan fingerprint density at radius 1 is 1.33 bits per heavy atom. The van der Waals surface area contributed by atoms with Crippen LogP contribution in [0.5, 0.6) is 0 Å². The number of nitrogens with one attached hydrogen (secondary N) is 1. The zero-order valence-electron chi connectivity index (χ0n) is 10.5. The van der Waals surface area contributed by atoms with E-state index in [-0.39, 0.29) is 12.3 Å². The van der Waals surface area contributed by atoms with Crippen molar-refractivity contribution < 1.29 is 8.42 Å². The summed E-state index contributed by atoms with van der Waals surface area (Å²) in [4.78, 5) is 0. The molecule has 18 heavy (non-hydrogen) atoms. The maximum atomic E-state index is 11.9. The van der Waals surface area contributed by atoms with E-state index < -0.39 is 15.6 Å². The topological polar surface area (TPSA) is 96.0 Å². The summed E-state index contributed by atoms with van der Waals surface area (Å²) < 4.78 is 26.3. The standard InChI is InChI=1S/C12H17N3O2S/c1-12(2,9-14)15-18(16,17)8-11-5-3-10(7-13)4-6-11/h3-6,15H,8-9,14H2,1-2H3. The maximum absolute atomic E-state index is 11.9. The molecule has 0 heterocycles. The SMILES string of the molecule is CC(C)(CN)NS(=O)(=O)Cc1ccc(C#N)cc1. The summed E-state index contributed by atoms with van der Waals surface area (Å²) in [6.45, 7) is 3.67. The van der Waals surface area contributed by atoms with Crippen molar-refractivity contribution in [2.75, 3.05) is 6.54 Å². The fourth-order valence-corrected chi connectivity index (χ4v) is 3.02. The van der Waals surface area contributed by atoms with Crippen molar-refractivity contribution in [3.8, 4) is 6.07 Å². The summed E-state index contributed by atoms with van der Waals surface area (Å²) >= 11 is 0. The van der Waals surface area contributed by atoms with Gasteiger partial charge < -0.3 is 5.73 Å². The number of sulfonamides is 1. The monoisotopic (exact) mass is 267 g/mol. The minimum atomic E-state index is -3.44. The highest BCUT2D eigenvalue weighted by molar-refractivity contribution is 7.88. The number of nitriles is 1. The zero-order valence-corrected chi connectivity index (χ0v) is 11.3. The van der Waals surface area contributed by atoms with Gasteiger partial charge in [0.1, 0.15) is 0 Å². The molecule has 6 heteroatoms. The van der Waals surface area contributed by atoms with Crippen LogP contribution in [0.1, 0.15) is 25.0 Å². The van der Waals surface area contributed by atoms with Crippen molar-refractivity contribution >= 4 is 10.0 Å². The lowest BCUT2D eigenvalue weighted by Crippen LogP contribution is -2.49. The number of nitrogens with two attached hydrogens (primary N) is 1. The van der Waals surface area contributed by atoms with E-state index in [0.717, 1.165) is 0 Å². The molecular weight excluding hydrogens is 250 g/mol. The summed E-state index contributed by atoms with van der Waals surface area (Å²) in [5, 5.41) is 8.65. The molecule has 0 aliphatic rings. The summed E-state index contributed by atoms with van der Waals surface area (Å²) in [5.41, 5.74) is 5.96. The molecule has 0 radical (unpaired) electrons. The third-order valence-electron chi connectivity index (χ3n) is 2.38. The summed E-state index contributed by atoms with van der Waals surface area (Å²) in [6, 6.07) is 8.44. The molecule has 0 fully saturated rings. The van der Waals surface area contributed by atoms with Crippen LogP contribution in [-0.4, -0.2) is 20.5 Å². The first-order valence-corrected chi connectivity index (χ1v) is 7.14. The number of hydrogen-bond acceptors (Lipinski definition) is 4. The second-order valence-electron chi connectivity index (χ2n) is 4.76. The first-order chi connectivity index (χ1) is 8.28. The van der Waals surface area contributed by atoms with Crippen molar-refractivity contribution in [3.63, 3.8) is 0 Å². The molecule has 0 unspecified atom stereocenters. The zero-order chi connectivity index (χ0) is 13.8. The van der Waals surface area contributed by atoms with Crippen LogP contribution >= 0.6 is 0 Å². The van der Waals surface area contributed by atoms with E-state index in [1.807, 2.05) is 6.07 Å². The summed E-state index contributed by atoms with van der Waals surface area (Å²) in [7, 11) is -3.44. The smallest absolute Gasteiger partial charge is 0.216 e. The van der Waals surface area contributed by atoms with Gasteiger partial charge in [0.15, 0.2) is 0 Å². The fraction of sp³-hybridized carbons (Fsp3) is 0.417. The Bertz CT molecular complexity index is 542. The Morgan fingerprint density at radius 3 is 2.33 bits per heavy atom. The van der Waals surface area contributed by atoms with Crippen LogP contribution in [-0.2, 0) is 15.8 Å². The van der Waals surface area contributed by atoms with Crippen LogP contribution in [0.3, 0.4) is 0 Å². The van der Waals surface area contributed by atoms with Crippen molar-refractivity contribution in [1.82, 2.24) is 4.72 Å². The van der Waals surface area contributed by atoms with Gasteiger partial charge in [0.2, 0.25) is 10.0 Å². The van der Waals surface area contributed by atoms with E-state index in [0.29, 0.717) is 11.1 Å². The highest BCUT2D eigenvalue weighted by Crippen LogP contribution is 2.10. The summed E-state index contributed by atoms with van der Waals surface area (Å²) in [6.07, 6.45) is 0. The van der Waals surface area contributed by atoms with E-state index in [2.05, 4.69) is 4.72 Å². The van der Waals surface area contributed by atoms with Crippen molar-refractivity contribution in [2.45, 2.75) is 25.1 Å². The molecule has 1 aromatic carbocycles. The minimum absolute atomic E-state index is 0.123. The molecule has 0 aliphatic carbocycles. The Kier molecular flexibility index (Phi) is 4.46. The third kappa shape index (κ3) is 4.45. The normalized spacial score (nSPS) is 12.1. The van der Waals surface area contributed by atoms with Gasteiger partial charge in [0.25, 0.3) is 0 Å². The van der Waals surface area contributed by atoms with Gasteiger partial charge in [-0.2, -0.15) is 5.26 Å². The van der Waals surface area contributed by atoms with Crippen LogP contribution in [0, 0.1) is 11.3 Å². The highest BCUT2D eigenvalue weighted by atomic mass is 32.2. The van der Waals surface area contributed by atoms with Gasteiger partial charge in [0.05, 0.1) is 17.4 Å². The number of hydrogen-bond donors (Lipinski definition) is 2. The van der Waals surface area contributed by atoms with Crippen molar-refractivity contribution in [3.05, 3.63) is 35.4 Å². The molecule has 3 N–H and O–H groups in total. The van der Waals surface area contributed by atoms with Gasteiger partial charge in [-0.3, -0.25) is 0 Å². The molecule has 0 aliphatic heterocycles. The van der Waals surface area contributed by atoms with E-state index in [1.54, 1.807) is 38.1 Å². The first-order valence-electron chi connectivity index (χ1n) is 5.49. The summed E-state index contributed by atoms with van der Waals surface area (Å²) in [5.74, 6) is -0.123. The molecule has 5 nitrogen and oxygen atoms in total. The van der Waals surface area contributed by atoms with Gasteiger partial charge in [-0.1, -0.05) is 12.1 Å². The maximum Gasteiger partial charge on any atom is 0.216 e. The van der Waals surface area contributed by atoms with Crippen molar-refractivity contribution in [1.29, 1.82) is 5.26 Å².